The van der Waals surface area contributed by atoms with Gasteiger partial charge in [-0.25, -0.2) is 0 Å². The molecule has 0 saturated carbocycles. The molecule has 11 N–H and O–H groups in total. The Balaban J connectivity index is -0.000000505. The van der Waals surface area contributed by atoms with Gasteiger partial charge in [-0.3, -0.25) is 14.4 Å². The molecule has 0 saturated heterocycles. The van der Waals surface area contributed by atoms with Crippen molar-refractivity contribution in [2.45, 2.75) is 97.6 Å². The maximum Gasteiger partial charge on any atom is 0.251 e. The van der Waals surface area contributed by atoms with E-state index in [0.717, 1.165) is 0 Å². The summed E-state index contributed by atoms with van der Waals surface area (Å²) in [5.41, 5.74) is 0. The predicted octanol–water partition coefficient (Wildman–Crippen LogP) is -3.17. The van der Waals surface area contributed by atoms with Crippen LogP contribution in [0.25, 0.3) is 0 Å². The van der Waals surface area contributed by atoms with Crippen LogP contribution in [0.3, 0.4) is 0 Å². The average Bonchev–Trinajstić information content (AvgIpc) is 2.91. The first-order valence-corrected chi connectivity index (χ1v) is 13.0. The Morgan fingerprint density at radius 3 is 1.23 bits per heavy atom. The Bertz CT molecular complexity index is 665. The van der Waals surface area contributed by atoms with E-state index in [9.17, 15) is 45.0 Å². The van der Waals surface area contributed by atoms with E-state index in [4.69, 9.17) is 10.2 Å². The zero-order valence-electron chi connectivity index (χ0n) is 24.4. The SMILES string of the molecule is CC(C)C(O)C(O)C(=O)NCCO.CCC(O)CNC(=O)C(O)C(O)C(C)C.CNC(=O)C(O)C(O)C(C)C. The third kappa shape index (κ3) is 18.9. The molecule has 0 spiro atoms. The van der Waals surface area contributed by atoms with E-state index in [2.05, 4.69) is 16.0 Å². The van der Waals surface area contributed by atoms with E-state index in [0.29, 0.717) is 6.42 Å². The van der Waals surface area contributed by atoms with Crippen molar-refractivity contribution in [1.29, 1.82) is 0 Å². The van der Waals surface area contributed by atoms with Crippen molar-refractivity contribution in [3.05, 3.63) is 0 Å². The summed E-state index contributed by atoms with van der Waals surface area (Å²) in [5.74, 6) is -2.36. The number of aliphatic hydroxyl groups is 8. The van der Waals surface area contributed by atoms with Crippen molar-refractivity contribution in [1.82, 2.24) is 16.0 Å². The van der Waals surface area contributed by atoms with Crippen LogP contribution in [0.2, 0.25) is 0 Å². The van der Waals surface area contributed by atoms with Crippen LogP contribution in [0.1, 0.15) is 54.9 Å². The summed E-state index contributed by atoms with van der Waals surface area (Å²) in [7, 11) is 1.42. The van der Waals surface area contributed by atoms with Gasteiger partial charge in [-0.15, -0.1) is 0 Å². The third-order valence-electron chi connectivity index (χ3n) is 5.47. The van der Waals surface area contributed by atoms with Crippen molar-refractivity contribution < 1.29 is 55.2 Å². The summed E-state index contributed by atoms with van der Waals surface area (Å²) >= 11 is 0. The van der Waals surface area contributed by atoms with Crippen LogP contribution in [0.4, 0.5) is 0 Å². The standard InChI is InChI=1S/C10H21NO4.C8H17NO4.C7H15NO3/c1-4-7(12)5-11-10(15)9(14)8(13)6(2)3;1-5(2)6(11)7(12)8(13)9-3-4-10;1-4(2)5(9)6(10)7(11)8-3/h6-9,12-14H,4-5H2,1-3H3,(H,11,15);5-7,10-12H,3-4H2,1-2H3,(H,9,13);4-6,9-10H,1-3H3,(H,8,11). The first kappa shape index (κ1) is 41.6. The molecule has 0 aromatic rings. The lowest BCUT2D eigenvalue weighted by molar-refractivity contribution is -0.137. The van der Waals surface area contributed by atoms with Crippen LogP contribution < -0.4 is 16.0 Å². The summed E-state index contributed by atoms with van der Waals surface area (Å²) in [5, 5.41) is 80.1. The van der Waals surface area contributed by atoms with Crippen molar-refractivity contribution in [2.75, 3.05) is 26.7 Å². The van der Waals surface area contributed by atoms with Crippen molar-refractivity contribution in [3.63, 3.8) is 0 Å². The van der Waals surface area contributed by atoms with Crippen molar-refractivity contribution in [3.8, 4) is 0 Å². The zero-order valence-corrected chi connectivity index (χ0v) is 24.4. The number of amides is 3. The Hall–Kier alpha value is -1.91. The van der Waals surface area contributed by atoms with Gasteiger partial charge in [0.15, 0.2) is 18.3 Å². The molecule has 14 nitrogen and oxygen atoms in total. The second kappa shape index (κ2) is 22.9. The second-order valence-electron chi connectivity index (χ2n) is 9.97. The van der Waals surface area contributed by atoms with Gasteiger partial charge in [0.2, 0.25) is 0 Å². The van der Waals surface area contributed by atoms with Crippen LogP contribution in [0, 0.1) is 17.8 Å². The van der Waals surface area contributed by atoms with Gasteiger partial charge < -0.3 is 56.8 Å². The lowest BCUT2D eigenvalue weighted by atomic mass is 10.0. The Labute approximate surface area is 231 Å². The molecule has 14 heteroatoms. The second-order valence-corrected chi connectivity index (χ2v) is 9.97. The molecule has 0 bridgehead atoms. The summed E-state index contributed by atoms with van der Waals surface area (Å²) in [6.07, 6.45) is -7.40. The molecule has 0 aromatic carbocycles. The number of rotatable bonds is 14. The minimum absolute atomic E-state index is 0.0840. The molecule has 0 rings (SSSR count). The van der Waals surface area contributed by atoms with E-state index >= 15 is 0 Å². The van der Waals surface area contributed by atoms with E-state index in [-0.39, 0.29) is 37.5 Å². The van der Waals surface area contributed by atoms with Crippen molar-refractivity contribution >= 4 is 17.7 Å². The average molecular weight is 572 g/mol. The van der Waals surface area contributed by atoms with Gasteiger partial charge in [0.05, 0.1) is 31.0 Å². The van der Waals surface area contributed by atoms with Crippen LogP contribution in [0.5, 0.6) is 0 Å². The van der Waals surface area contributed by atoms with Gasteiger partial charge in [-0.1, -0.05) is 48.5 Å². The highest BCUT2D eigenvalue weighted by atomic mass is 16.3. The molecule has 0 aliphatic rings. The van der Waals surface area contributed by atoms with E-state index in [1.807, 2.05) is 0 Å². The first-order valence-electron chi connectivity index (χ1n) is 13.0. The van der Waals surface area contributed by atoms with Gasteiger partial charge in [0.1, 0.15) is 0 Å². The molecular formula is C25H53N3O11. The highest BCUT2D eigenvalue weighted by molar-refractivity contribution is 5.81. The number of hydrogen-bond donors (Lipinski definition) is 11. The Kier molecular flexibility index (Phi) is 24.4. The normalized spacial score (nSPS) is 16.4. The van der Waals surface area contributed by atoms with Gasteiger partial charge in [-0.05, 0) is 24.2 Å². The predicted molar refractivity (Wildman–Crippen MR) is 144 cm³/mol. The lowest BCUT2D eigenvalue weighted by Crippen LogP contribution is -2.46. The number of carbonyl (C=O) groups is 3. The summed E-state index contributed by atoms with van der Waals surface area (Å²) in [6, 6.07) is 0. The highest BCUT2D eigenvalue weighted by Gasteiger charge is 2.27. The molecule has 7 unspecified atom stereocenters. The molecular weight excluding hydrogens is 518 g/mol. The number of hydrogen-bond acceptors (Lipinski definition) is 11. The Morgan fingerprint density at radius 2 is 0.949 bits per heavy atom. The number of aliphatic hydroxyl groups excluding tert-OH is 8. The van der Waals surface area contributed by atoms with Crippen molar-refractivity contribution in [2.24, 2.45) is 17.8 Å². The molecule has 0 fully saturated rings. The largest absolute Gasteiger partial charge is 0.395 e. The third-order valence-corrected chi connectivity index (χ3v) is 5.47. The van der Waals surface area contributed by atoms with E-state index < -0.39 is 60.4 Å². The molecule has 0 radical (unpaired) electrons. The minimum Gasteiger partial charge on any atom is -0.395 e. The molecule has 7 atom stereocenters. The number of nitrogens with one attached hydrogen (secondary N) is 3. The molecule has 3 amide bonds. The smallest absolute Gasteiger partial charge is 0.251 e. The molecule has 0 heterocycles. The molecule has 0 aliphatic carbocycles. The Morgan fingerprint density at radius 1 is 0.615 bits per heavy atom. The first-order chi connectivity index (χ1) is 17.9. The molecule has 39 heavy (non-hydrogen) atoms. The zero-order chi connectivity index (χ0) is 31.5. The molecule has 234 valence electrons. The maximum absolute atomic E-state index is 11.3. The van der Waals surface area contributed by atoms with Crippen LogP contribution in [0.15, 0.2) is 0 Å². The highest BCUT2D eigenvalue weighted by Crippen LogP contribution is 2.07. The fourth-order valence-electron chi connectivity index (χ4n) is 2.46. The monoisotopic (exact) mass is 571 g/mol. The summed E-state index contributed by atoms with van der Waals surface area (Å²) < 4.78 is 0. The van der Waals surface area contributed by atoms with E-state index in [1.165, 1.54) is 7.05 Å². The number of likely N-dealkylation sites (N-methyl/N-ethyl adjacent to an activating group) is 1. The van der Waals surface area contributed by atoms with Gasteiger partial charge in [0, 0.05) is 20.1 Å². The van der Waals surface area contributed by atoms with Gasteiger partial charge in [0.25, 0.3) is 17.7 Å². The maximum atomic E-state index is 11.3. The summed E-state index contributed by atoms with van der Waals surface area (Å²) in [4.78, 5) is 33.0. The fraction of sp³-hybridized carbons (Fsp3) is 0.880. The number of carbonyl (C=O) groups excluding carboxylic acids is 3. The summed E-state index contributed by atoms with van der Waals surface area (Å²) in [6.45, 7) is 12.1. The topological polar surface area (TPSA) is 249 Å². The van der Waals surface area contributed by atoms with Crippen LogP contribution >= 0.6 is 0 Å². The fourth-order valence-corrected chi connectivity index (χ4v) is 2.46. The van der Waals surface area contributed by atoms with Crippen LogP contribution in [-0.2, 0) is 14.4 Å². The minimum atomic E-state index is -1.44. The molecule has 0 aliphatic heterocycles. The van der Waals surface area contributed by atoms with Gasteiger partial charge in [-0.2, -0.15) is 0 Å². The molecule has 0 aromatic heterocycles. The quantitative estimate of drug-likeness (QED) is 0.0992. The van der Waals surface area contributed by atoms with E-state index in [1.54, 1.807) is 48.5 Å². The lowest BCUT2D eigenvalue weighted by Gasteiger charge is -2.20. The van der Waals surface area contributed by atoms with Gasteiger partial charge >= 0.3 is 0 Å². The van der Waals surface area contributed by atoms with Crippen LogP contribution in [-0.4, -0.2) is 128 Å².